The number of nitrogens with zero attached hydrogens (tertiary/aromatic N) is 2. The molecule has 0 fully saturated rings. The van der Waals surface area contributed by atoms with Crippen LogP contribution >= 0.6 is 11.3 Å². The molecule has 0 radical (unpaired) electrons. The first-order valence-electron chi connectivity index (χ1n) is 6.23. The van der Waals surface area contributed by atoms with E-state index in [0.717, 1.165) is 10.6 Å². The molecule has 0 aliphatic heterocycles. The lowest BCUT2D eigenvalue weighted by Crippen LogP contribution is -2.14. The maximum Gasteiger partial charge on any atom is 0.263 e. The highest BCUT2D eigenvalue weighted by Gasteiger charge is 2.19. The standard InChI is InChI=1S/C13H17N3O2S2/c1-8(2)12-14-15-13(19-12)16-20(17,18)11-6-5-9(3)7-10(11)4/h5-8H,1-4H3,(H,15,16). The Morgan fingerprint density at radius 2 is 1.90 bits per heavy atom. The van der Waals surface area contributed by atoms with Crippen LogP contribution in [-0.4, -0.2) is 18.6 Å². The predicted octanol–water partition coefficient (Wildman–Crippen LogP) is 3.08. The second-order valence-electron chi connectivity index (χ2n) is 4.97. The van der Waals surface area contributed by atoms with Gasteiger partial charge in [-0.25, -0.2) is 8.42 Å². The van der Waals surface area contributed by atoms with Gasteiger partial charge in [0.25, 0.3) is 10.0 Å². The molecule has 0 saturated carbocycles. The van der Waals surface area contributed by atoms with E-state index in [4.69, 9.17) is 0 Å². The van der Waals surface area contributed by atoms with Gasteiger partial charge in [0.2, 0.25) is 5.13 Å². The van der Waals surface area contributed by atoms with E-state index in [1.54, 1.807) is 19.1 Å². The molecule has 1 aromatic carbocycles. The van der Waals surface area contributed by atoms with Crippen molar-refractivity contribution >= 4 is 26.5 Å². The summed E-state index contributed by atoms with van der Waals surface area (Å²) >= 11 is 1.26. The molecule has 0 aliphatic rings. The van der Waals surface area contributed by atoms with Crippen LogP contribution in [0.2, 0.25) is 0 Å². The van der Waals surface area contributed by atoms with E-state index in [0.29, 0.717) is 10.7 Å². The van der Waals surface area contributed by atoms with Crippen LogP contribution in [0, 0.1) is 13.8 Å². The fourth-order valence-corrected chi connectivity index (χ4v) is 3.98. The van der Waals surface area contributed by atoms with E-state index >= 15 is 0 Å². The Morgan fingerprint density at radius 1 is 1.20 bits per heavy atom. The molecule has 108 valence electrons. The second kappa shape index (κ2) is 5.49. The Kier molecular flexibility index (Phi) is 4.10. The molecule has 1 N–H and O–H groups in total. The summed E-state index contributed by atoms with van der Waals surface area (Å²) < 4.78 is 27.2. The van der Waals surface area contributed by atoms with Crippen molar-refractivity contribution in [2.24, 2.45) is 0 Å². The largest absolute Gasteiger partial charge is 0.263 e. The van der Waals surface area contributed by atoms with Gasteiger partial charge in [-0.1, -0.05) is 42.9 Å². The lowest BCUT2D eigenvalue weighted by atomic mass is 10.2. The predicted molar refractivity (Wildman–Crippen MR) is 80.7 cm³/mol. The van der Waals surface area contributed by atoms with E-state index in [-0.39, 0.29) is 10.8 Å². The third-order valence-corrected chi connectivity index (χ3v) is 5.54. The summed E-state index contributed by atoms with van der Waals surface area (Å²) in [5.41, 5.74) is 1.74. The van der Waals surface area contributed by atoms with Crippen LogP contribution in [0.15, 0.2) is 23.1 Å². The van der Waals surface area contributed by atoms with Gasteiger partial charge in [-0.2, -0.15) is 0 Å². The zero-order valence-corrected chi connectivity index (χ0v) is 13.5. The zero-order valence-electron chi connectivity index (χ0n) is 11.8. The maximum atomic E-state index is 12.3. The van der Waals surface area contributed by atoms with Gasteiger partial charge in [-0.15, -0.1) is 10.2 Å². The topological polar surface area (TPSA) is 72.0 Å². The molecule has 1 aromatic heterocycles. The number of hydrogen-bond donors (Lipinski definition) is 1. The third-order valence-electron chi connectivity index (χ3n) is 2.78. The van der Waals surface area contributed by atoms with E-state index in [9.17, 15) is 8.42 Å². The average Bonchev–Trinajstić information content (AvgIpc) is 2.76. The van der Waals surface area contributed by atoms with Gasteiger partial charge < -0.3 is 0 Å². The van der Waals surface area contributed by atoms with Crippen LogP contribution in [0.25, 0.3) is 0 Å². The first kappa shape index (κ1) is 14.9. The molecule has 0 atom stereocenters. The van der Waals surface area contributed by atoms with Crippen LogP contribution in [-0.2, 0) is 10.0 Å². The molecule has 5 nitrogen and oxygen atoms in total. The quantitative estimate of drug-likeness (QED) is 0.942. The van der Waals surface area contributed by atoms with Crippen molar-refractivity contribution < 1.29 is 8.42 Å². The average molecular weight is 311 g/mol. The number of rotatable bonds is 4. The van der Waals surface area contributed by atoms with E-state index in [1.807, 2.05) is 26.8 Å². The molecule has 7 heteroatoms. The minimum absolute atomic E-state index is 0.229. The third kappa shape index (κ3) is 3.16. The van der Waals surface area contributed by atoms with Crippen molar-refractivity contribution in [3.63, 3.8) is 0 Å². The normalized spacial score (nSPS) is 11.8. The van der Waals surface area contributed by atoms with Crippen molar-refractivity contribution in [1.29, 1.82) is 0 Å². The Morgan fingerprint density at radius 3 is 2.45 bits per heavy atom. The molecular formula is C13H17N3O2S2. The van der Waals surface area contributed by atoms with Crippen molar-refractivity contribution in [1.82, 2.24) is 10.2 Å². The molecule has 2 rings (SSSR count). The van der Waals surface area contributed by atoms with Crippen LogP contribution in [0.1, 0.15) is 35.9 Å². The Balaban J connectivity index is 2.30. The first-order valence-corrected chi connectivity index (χ1v) is 8.53. The first-order chi connectivity index (χ1) is 9.29. The minimum atomic E-state index is -3.62. The fraction of sp³-hybridized carbons (Fsp3) is 0.385. The van der Waals surface area contributed by atoms with Gasteiger partial charge in [0.05, 0.1) is 4.90 Å². The molecule has 0 amide bonds. The molecule has 0 bridgehead atoms. The van der Waals surface area contributed by atoms with Crippen LogP contribution in [0.4, 0.5) is 5.13 Å². The highest BCUT2D eigenvalue weighted by molar-refractivity contribution is 7.93. The van der Waals surface area contributed by atoms with Crippen LogP contribution in [0.5, 0.6) is 0 Å². The van der Waals surface area contributed by atoms with Crippen molar-refractivity contribution in [3.8, 4) is 0 Å². The molecular weight excluding hydrogens is 294 g/mol. The highest BCUT2D eigenvalue weighted by atomic mass is 32.2. The molecule has 2 aromatic rings. The summed E-state index contributed by atoms with van der Waals surface area (Å²) in [6.45, 7) is 7.68. The molecule has 1 heterocycles. The van der Waals surface area contributed by atoms with E-state index in [1.165, 1.54) is 11.3 Å². The molecule has 0 aliphatic carbocycles. The monoisotopic (exact) mass is 311 g/mol. The van der Waals surface area contributed by atoms with Gasteiger partial charge in [0.1, 0.15) is 5.01 Å². The summed E-state index contributed by atoms with van der Waals surface area (Å²) in [6.07, 6.45) is 0. The lowest BCUT2D eigenvalue weighted by Gasteiger charge is -2.08. The number of sulfonamides is 1. The summed E-state index contributed by atoms with van der Waals surface area (Å²) in [7, 11) is -3.62. The molecule has 0 saturated heterocycles. The number of nitrogens with one attached hydrogen (secondary N) is 1. The van der Waals surface area contributed by atoms with Crippen molar-refractivity contribution in [2.45, 2.75) is 38.5 Å². The number of aryl methyl sites for hydroxylation is 2. The Bertz CT molecular complexity index is 721. The lowest BCUT2D eigenvalue weighted by molar-refractivity contribution is 0.600. The van der Waals surface area contributed by atoms with Gasteiger partial charge in [-0.05, 0) is 25.5 Å². The SMILES string of the molecule is Cc1ccc(S(=O)(=O)Nc2nnc(C(C)C)s2)c(C)c1. The van der Waals surface area contributed by atoms with Crippen molar-refractivity contribution in [2.75, 3.05) is 4.72 Å². The summed E-state index contributed by atoms with van der Waals surface area (Å²) in [4.78, 5) is 0.268. The number of aromatic nitrogens is 2. The van der Waals surface area contributed by atoms with E-state index < -0.39 is 10.0 Å². The highest BCUT2D eigenvalue weighted by Crippen LogP contribution is 2.25. The minimum Gasteiger partial charge on any atom is -0.253 e. The Labute approximate surface area is 123 Å². The number of anilines is 1. The Hall–Kier alpha value is -1.47. The smallest absolute Gasteiger partial charge is 0.253 e. The molecule has 0 spiro atoms. The van der Waals surface area contributed by atoms with Gasteiger partial charge in [0, 0.05) is 5.92 Å². The van der Waals surface area contributed by atoms with Gasteiger partial charge in [-0.3, -0.25) is 4.72 Å². The van der Waals surface area contributed by atoms with E-state index in [2.05, 4.69) is 14.9 Å². The zero-order chi connectivity index (χ0) is 14.9. The maximum absolute atomic E-state index is 12.3. The molecule has 0 unspecified atom stereocenters. The van der Waals surface area contributed by atoms with Crippen LogP contribution < -0.4 is 4.72 Å². The van der Waals surface area contributed by atoms with Crippen LogP contribution in [0.3, 0.4) is 0 Å². The summed E-state index contributed by atoms with van der Waals surface area (Å²) in [5, 5.41) is 8.95. The van der Waals surface area contributed by atoms with Crippen molar-refractivity contribution in [3.05, 3.63) is 34.3 Å². The summed E-state index contributed by atoms with van der Waals surface area (Å²) in [6, 6.07) is 5.23. The van der Waals surface area contributed by atoms with Gasteiger partial charge in [0.15, 0.2) is 0 Å². The molecule has 20 heavy (non-hydrogen) atoms. The fourth-order valence-electron chi connectivity index (χ4n) is 1.78. The summed E-state index contributed by atoms with van der Waals surface area (Å²) in [5.74, 6) is 0.229. The van der Waals surface area contributed by atoms with Gasteiger partial charge >= 0.3 is 0 Å². The number of hydrogen-bond acceptors (Lipinski definition) is 5. The second-order valence-corrected chi connectivity index (χ2v) is 7.63. The number of benzene rings is 1.